The minimum absolute atomic E-state index is 0.127. The standard InChI is InChI=1S/C27H35FN2O6S/c1-27(2,3)36-26(32)29-15-12-19(13-16-29)21-7-5-9-23(17-21)30(37(33)34)14-6-8-20-10-11-22(18-24(20)28)25(31)35-4/h5,7,9-11,17-19,37H,6,8,12-16H2,1-4H3. The predicted octanol–water partition coefficient (Wildman–Crippen LogP) is 4.69. The summed E-state index contributed by atoms with van der Waals surface area (Å²) in [6.07, 6.45) is 1.91. The van der Waals surface area contributed by atoms with Gasteiger partial charge in [0.15, 0.2) is 0 Å². The van der Waals surface area contributed by atoms with Gasteiger partial charge in [0.1, 0.15) is 11.4 Å². The number of thiol groups is 1. The predicted molar refractivity (Wildman–Crippen MR) is 140 cm³/mol. The molecule has 202 valence electrons. The molecule has 2 aromatic rings. The van der Waals surface area contributed by atoms with Crippen molar-refractivity contribution in [2.75, 3.05) is 31.0 Å². The molecule has 0 saturated carbocycles. The number of aryl methyl sites for hydroxylation is 1. The number of carbonyl (C=O) groups excluding carboxylic acids is 2. The van der Waals surface area contributed by atoms with Gasteiger partial charge >= 0.3 is 12.1 Å². The maximum absolute atomic E-state index is 14.4. The van der Waals surface area contributed by atoms with Crippen LogP contribution in [0, 0.1) is 5.82 Å². The summed E-state index contributed by atoms with van der Waals surface area (Å²) in [5, 5.41) is 0. The zero-order valence-corrected chi connectivity index (χ0v) is 22.6. The van der Waals surface area contributed by atoms with E-state index in [0.717, 1.165) is 24.5 Å². The third-order valence-corrected chi connectivity index (χ3v) is 7.10. The van der Waals surface area contributed by atoms with Crippen molar-refractivity contribution in [3.8, 4) is 0 Å². The first-order chi connectivity index (χ1) is 17.5. The SMILES string of the molecule is COC(=O)c1ccc(CCCN(c2cccc(C3CCN(C(=O)OC(C)(C)C)CC3)c2)[SH](=O)=O)c(F)c1. The van der Waals surface area contributed by atoms with E-state index in [1.54, 1.807) is 11.0 Å². The molecule has 1 saturated heterocycles. The zero-order valence-electron chi connectivity index (χ0n) is 21.7. The highest BCUT2D eigenvalue weighted by Crippen LogP contribution is 2.31. The smallest absolute Gasteiger partial charge is 0.410 e. The van der Waals surface area contributed by atoms with Crippen molar-refractivity contribution < 1.29 is 31.9 Å². The van der Waals surface area contributed by atoms with Gasteiger partial charge in [-0.05, 0) is 87.8 Å². The monoisotopic (exact) mass is 534 g/mol. The molecule has 37 heavy (non-hydrogen) atoms. The van der Waals surface area contributed by atoms with Gasteiger partial charge in [0.2, 0.25) is 10.9 Å². The van der Waals surface area contributed by atoms with Gasteiger partial charge in [-0.25, -0.2) is 22.4 Å². The van der Waals surface area contributed by atoms with Gasteiger partial charge in [-0.3, -0.25) is 4.31 Å². The van der Waals surface area contributed by atoms with Crippen LogP contribution in [0.4, 0.5) is 14.9 Å². The quantitative estimate of drug-likeness (QED) is 0.390. The van der Waals surface area contributed by atoms with Gasteiger partial charge in [0.25, 0.3) is 0 Å². The second-order valence-corrected chi connectivity index (χ2v) is 11.1. The van der Waals surface area contributed by atoms with Crippen LogP contribution in [0.25, 0.3) is 0 Å². The Bertz CT molecular complexity index is 1180. The van der Waals surface area contributed by atoms with E-state index in [9.17, 15) is 22.4 Å². The van der Waals surface area contributed by atoms with Gasteiger partial charge in [-0.15, -0.1) is 0 Å². The van der Waals surface area contributed by atoms with E-state index in [1.165, 1.54) is 23.5 Å². The Morgan fingerprint density at radius 3 is 2.41 bits per heavy atom. The van der Waals surface area contributed by atoms with Crippen LogP contribution >= 0.6 is 0 Å². The maximum Gasteiger partial charge on any atom is 0.410 e. The molecule has 2 aromatic carbocycles. The molecule has 3 rings (SSSR count). The van der Waals surface area contributed by atoms with Gasteiger partial charge in [-0.2, -0.15) is 0 Å². The van der Waals surface area contributed by atoms with E-state index in [2.05, 4.69) is 4.74 Å². The van der Waals surface area contributed by atoms with Crippen molar-refractivity contribution in [3.63, 3.8) is 0 Å². The third-order valence-electron chi connectivity index (χ3n) is 6.27. The average Bonchev–Trinajstić information content (AvgIpc) is 2.85. The van der Waals surface area contributed by atoms with Gasteiger partial charge in [-0.1, -0.05) is 18.2 Å². The topological polar surface area (TPSA) is 93.2 Å². The summed E-state index contributed by atoms with van der Waals surface area (Å²) >= 11 is 0. The molecule has 10 heteroatoms. The number of benzene rings is 2. The van der Waals surface area contributed by atoms with Crippen LogP contribution in [-0.4, -0.2) is 57.7 Å². The van der Waals surface area contributed by atoms with Crippen LogP contribution in [0.5, 0.6) is 0 Å². The number of anilines is 1. The first kappa shape index (κ1) is 28.4. The van der Waals surface area contributed by atoms with E-state index in [4.69, 9.17) is 4.74 Å². The van der Waals surface area contributed by atoms with E-state index in [0.29, 0.717) is 37.2 Å². The molecule has 0 N–H and O–H groups in total. The first-order valence-electron chi connectivity index (χ1n) is 12.3. The number of methoxy groups -OCH3 is 1. The van der Waals surface area contributed by atoms with E-state index >= 15 is 0 Å². The lowest BCUT2D eigenvalue weighted by atomic mass is 9.89. The Balaban J connectivity index is 1.61. The highest BCUT2D eigenvalue weighted by atomic mass is 32.2. The van der Waals surface area contributed by atoms with Gasteiger partial charge in [0.05, 0.1) is 18.4 Å². The molecule has 0 spiro atoms. The highest BCUT2D eigenvalue weighted by Gasteiger charge is 2.27. The summed E-state index contributed by atoms with van der Waals surface area (Å²) in [6.45, 7) is 6.86. The molecule has 0 atom stereocenters. The Morgan fingerprint density at radius 1 is 1.11 bits per heavy atom. The molecule has 1 aliphatic rings. The number of halogens is 1. The second kappa shape index (κ2) is 12.4. The lowest BCUT2D eigenvalue weighted by molar-refractivity contribution is 0.0204. The first-order valence-corrected chi connectivity index (χ1v) is 13.5. The van der Waals surface area contributed by atoms with E-state index in [-0.39, 0.29) is 24.1 Å². The summed E-state index contributed by atoms with van der Waals surface area (Å²) in [5.41, 5.74) is 1.57. The normalized spacial score (nSPS) is 14.5. The van der Waals surface area contributed by atoms with Crippen LogP contribution in [-0.2, 0) is 26.8 Å². The molecular weight excluding hydrogens is 499 g/mol. The number of esters is 1. The number of hydrogen-bond donors (Lipinski definition) is 1. The van der Waals surface area contributed by atoms with Crippen LogP contribution in [0.1, 0.15) is 67.4 Å². The molecule has 0 aliphatic carbocycles. The molecule has 8 nitrogen and oxygen atoms in total. The largest absolute Gasteiger partial charge is 0.465 e. The molecule has 0 aromatic heterocycles. The molecule has 1 fully saturated rings. The molecule has 1 aliphatic heterocycles. The lowest BCUT2D eigenvalue weighted by Gasteiger charge is -2.33. The minimum atomic E-state index is -2.89. The molecule has 0 radical (unpaired) electrons. The van der Waals surface area contributed by atoms with Crippen LogP contribution < -0.4 is 4.31 Å². The number of ether oxygens (including phenoxy) is 2. The fraction of sp³-hybridized carbons (Fsp3) is 0.481. The van der Waals surface area contributed by atoms with Crippen LogP contribution in [0.3, 0.4) is 0 Å². The summed E-state index contributed by atoms with van der Waals surface area (Å²) in [7, 11) is -1.66. The molecule has 1 amide bonds. The molecule has 0 bridgehead atoms. The van der Waals surface area contributed by atoms with Crippen molar-refractivity contribution in [2.24, 2.45) is 0 Å². The Hall–Kier alpha value is -3.14. The zero-order chi connectivity index (χ0) is 27.2. The summed E-state index contributed by atoms with van der Waals surface area (Å²) < 4.78 is 49.9. The summed E-state index contributed by atoms with van der Waals surface area (Å²) in [4.78, 5) is 25.6. The fourth-order valence-corrected chi connectivity index (χ4v) is 5.00. The van der Waals surface area contributed by atoms with Crippen molar-refractivity contribution in [1.29, 1.82) is 0 Å². The molecular formula is C27H35FN2O6S. The third kappa shape index (κ3) is 7.92. The average molecular weight is 535 g/mol. The molecule has 1 heterocycles. The highest BCUT2D eigenvalue weighted by molar-refractivity contribution is 7.74. The Morgan fingerprint density at radius 2 is 1.81 bits per heavy atom. The van der Waals surface area contributed by atoms with Crippen molar-refractivity contribution in [1.82, 2.24) is 4.90 Å². The number of hydrogen-bond acceptors (Lipinski definition) is 6. The van der Waals surface area contributed by atoms with E-state index in [1.807, 2.05) is 39.0 Å². The van der Waals surface area contributed by atoms with Crippen molar-refractivity contribution in [2.45, 2.75) is 58.0 Å². The van der Waals surface area contributed by atoms with Crippen LogP contribution in [0.15, 0.2) is 42.5 Å². The number of amides is 1. The van der Waals surface area contributed by atoms with Crippen molar-refractivity contribution >= 4 is 28.6 Å². The van der Waals surface area contributed by atoms with Crippen LogP contribution in [0.2, 0.25) is 0 Å². The van der Waals surface area contributed by atoms with Crippen molar-refractivity contribution in [3.05, 3.63) is 65.0 Å². The Kier molecular flexibility index (Phi) is 9.53. The lowest BCUT2D eigenvalue weighted by Crippen LogP contribution is -2.41. The number of nitrogens with zero attached hydrogens (tertiary/aromatic N) is 2. The Labute approximate surface area is 219 Å². The fourth-order valence-electron chi connectivity index (χ4n) is 4.38. The number of carbonyl (C=O) groups is 2. The number of rotatable bonds is 8. The summed E-state index contributed by atoms with van der Waals surface area (Å²) in [6, 6.07) is 11.6. The van der Waals surface area contributed by atoms with Gasteiger partial charge in [0, 0.05) is 19.6 Å². The van der Waals surface area contributed by atoms with E-state index < -0.39 is 28.3 Å². The second-order valence-electron chi connectivity index (χ2n) is 10.1. The number of likely N-dealkylation sites (tertiary alicyclic amines) is 1. The molecule has 0 unspecified atom stereocenters. The maximum atomic E-state index is 14.4. The summed E-state index contributed by atoms with van der Waals surface area (Å²) in [5.74, 6) is -0.941. The number of piperidine rings is 1. The van der Waals surface area contributed by atoms with Gasteiger partial charge < -0.3 is 14.4 Å². The minimum Gasteiger partial charge on any atom is -0.465 e.